The SMILES string of the molecule is O=C1c2ccccc2C(=O)N1P(=O)([O-])[O-]. The van der Waals surface area contributed by atoms with Crippen LogP contribution in [0.2, 0.25) is 0 Å². The lowest BCUT2D eigenvalue weighted by molar-refractivity contribution is -0.323. The number of imide groups is 1. The Morgan fingerprint density at radius 3 is 1.73 bits per heavy atom. The molecule has 0 aromatic heterocycles. The second-order valence-corrected chi connectivity index (χ2v) is 4.27. The Balaban J connectivity index is 2.60. The van der Waals surface area contributed by atoms with Crippen molar-refractivity contribution in [3.8, 4) is 0 Å². The molecule has 1 aliphatic rings. The standard InChI is InChI=1S/C8H6NO5P/c10-7-5-3-1-2-4-6(5)8(11)9(7)15(12,13)14/h1-4H,(H2,12,13,14)/p-2. The third kappa shape index (κ3) is 1.39. The molecule has 0 N–H and O–H groups in total. The lowest BCUT2D eigenvalue weighted by Gasteiger charge is -2.36. The van der Waals surface area contributed by atoms with Crippen LogP contribution in [0.3, 0.4) is 0 Å². The van der Waals surface area contributed by atoms with Crippen molar-refractivity contribution in [2.45, 2.75) is 0 Å². The molecule has 2 amide bonds. The highest BCUT2D eigenvalue weighted by Gasteiger charge is 2.36. The predicted octanol–water partition coefficient (Wildman–Crippen LogP) is -0.889. The van der Waals surface area contributed by atoms with E-state index in [2.05, 4.69) is 0 Å². The Bertz CT molecular complexity index is 471. The summed E-state index contributed by atoms with van der Waals surface area (Å²) < 4.78 is 10.4. The second kappa shape index (κ2) is 3.00. The zero-order valence-electron chi connectivity index (χ0n) is 7.25. The summed E-state index contributed by atoms with van der Waals surface area (Å²) in [5, 5.41) is 0. The average molecular weight is 225 g/mol. The van der Waals surface area contributed by atoms with Crippen LogP contribution in [0.4, 0.5) is 0 Å². The third-order valence-corrected chi connectivity index (χ3v) is 2.87. The first-order chi connectivity index (χ1) is 6.93. The van der Waals surface area contributed by atoms with Crippen LogP contribution in [-0.4, -0.2) is 16.5 Å². The molecule has 7 heteroatoms. The number of hydrogen-bond donors (Lipinski definition) is 0. The maximum Gasteiger partial charge on any atom is 0.265 e. The first-order valence-corrected chi connectivity index (χ1v) is 5.43. The molecule has 1 aromatic rings. The van der Waals surface area contributed by atoms with Gasteiger partial charge in [-0.15, -0.1) is 0 Å². The first-order valence-electron chi connectivity index (χ1n) is 3.93. The molecular weight excluding hydrogens is 221 g/mol. The van der Waals surface area contributed by atoms with E-state index < -0.39 is 19.6 Å². The second-order valence-electron chi connectivity index (χ2n) is 2.94. The Labute approximate surface area is 84.3 Å². The Hall–Kier alpha value is -1.49. The largest absolute Gasteiger partial charge is 0.794 e. The maximum atomic E-state index is 11.4. The van der Waals surface area contributed by atoms with E-state index in [1.165, 1.54) is 24.3 Å². The van der Waals surface area contributed by atoms with Crippen molar-refractivity contribution in [2.24, 2.45) is 0 Å². The van der Waals surface area contributed by atoms with Gasteiger partial charge in [-0.2, -0.15) is 0 Å². The van der Waals surface area contributed by atoms with Gasteiger partial charge < -0.3 is 14.4 Å². The highest BCUT2D eigenvalue weighted by Crippen LogP contribution is 2.38. The lowest BCUT2D eigenvalue weighted by Crippen LogP contribution is -2.37. The van der Waals surface area contributed by atoms with Crippen molar-refractivity contribution in [3.63, 3.8) is 0 Å². The number of fused-ring (bicyclic) bond motifs is 1. The number of nitrogens with zero attached hydrogens (tertiary/aromatic N) is 1. The summed E-state index contributed by atoms with van der Waals surface area (Å²) in [5.41, 5.74) is -0.121. The zero-order valence-corrected chi connectivity index (χ0v) is 8.14. The maximum absolute atomic E-state index is 11.4. The van der Waals surface area contributed by atoms with Gasteiger partial charge in [0.05, 0.1) is 11.1 Å². The summed E-state index contributed by atoms with van der Waals surface area (Å²) in [6.45, 7) is 0. The van der Waals surface area contributed by atoms with E-state index in [1.54, 1.807) is 0 Å². The molecular formula is C8H4NO5P-2. The lowest BCUT2D eigenvalue weighted by atomic mass is 10.1. The highest BCUT2D eigenvalue weighted by molar-refractivity contribution is 7.48. The molecule has 0 radical (unpaired) electrons. The van der Waals surface area contributed by atoms with Gasteiger partial charge in [0.25, 0.3) is 11.8 Å². The summed E-state index contributed by atoms with van der Waals surface area (Å²) in [6, 6.07) is 5.55. The van der Waals surface area contributed by atoms with Crippen LogP contribution in [0.5, 0.6) is 0 Å². The van der Waals surface area contributed by atoms with Gasteiger partial charge in [-0.05, 0) is 12.1 Å². The molecule has 0 fully saturated rings. The number of carbonyl (C=O) groups excluding carboxylic acids is 2. The van der Waals surface area contributed by atoms with Crippen molar-refractivity contribution in [1.29, 1.82) is 0 Å². The summed E-state index contributed by atoms with van der Waals surface area (Å²) >= 11 is 0. The van der Waals surface area contributed by atoms with E-state index in [0.717, 1.165) is 0 Å². The summed E-state index contributed by atoms with van der Waals surface area (Å²) in [6.07, 6.45) is 0. The fourth-order valence-corrected chi connectivity index (χ4v) is 2.06. The van der Waals surface area contributed by atoms with E-state index in [1.807, 2.05) is 0 Å². The number of rotatable bonds is 1. The van der Waals surface area contributed by atoms with Crippen molar-refractivity contribution in [1.82, 2.24) is 4.67 Å². The predicted molar refractivity (Wildman–Crippen MR) is 44.5 cm³/mol. The van der Waals surface area contributed by atoms with Gasteiger partial charge in [0.1, 0.15) is 0 Å². The topological polar surface area (TPSA) is 101 Å². The molecule has 0 saturated heterocycles. The van der Waals surface area contributed by atoms with E-state index in [-0.39, 0.29) is 15.8 Å². The summed E-state index contributed by atoms with van der Waals surface area (Å²) in [4.78, 5) is 44.1. The third-order valence-electron chi connectivity index (χ3n) is 2.02. The van der Waals surface area contributed by atoms with Gasteiger partial charge in [0, 0.05) is 7.75 Å². The molecule has 1 heterocycles. The van der Waals surface area contributed by atoms with E-state index in [0.29, 0.717) is 0 Å². The summed E-state index contributed by atoms with van der Waals surface area (Å²) in [5.74, 6) is -2.16. The van der Waals surface area contributed by atoms with Crippen LogP contribution >= 0.6 is 7.75 Å². The number of benzene rings is 1. The number of amides is 2. The summed E-state index contributed by atoms with van der Waals surface area (Å²) in [7, 11) is -5.37. The monoisotopic (exact) mass is 225 g/mol. The zero-order chi connectivity index (χ0) is 11.2. The first kappa shape index (κ1) is 10.0. The molecule has 78 valence electrons. The van der Waals surface area contributed by atoms with Crippen LogP contribution in [0, 0.1) is 0 Å². The molecule has 15 heavy (non-hydrogen) atoms. The van der Waals surface area contributed by atoms with Gasteiger partial charge in [-0.25, -0.2) is 4.67 Å². The molecule has 0 spiro atoms. The van der Waals surface area contributed by atoms with Gasteiger partial charge in [0.2, 0.25) is 0 Å². The smallest absolute Gasteiger partial charge is 0.265 e. The van der Waals surface area contributed by atoms with Gasteiger partial charge in [0.15, 0.2) is 0 Å². The quantitative estimate of drug-likeness (QED) is 0.455. The van der Waals surface area contributed by atoms with Crippen molar-refractivity contribution in [3.05, 3.63) is 35.4 Å². The van der Waals surface area contributed by atoms with Crippen molar-refractivity contribution in [2.75, 3.05) is 0 Å². The molecule has 1 aliphatic heterocycles. The highest BCUT2D eigenvalue weighted by atomic mass is 31.2. The number of carbonyl (C=O) groups is 2. The molecule has 0 unspecified atom stereocenters. The minimum atomic E-state index is -5.37. The molecule has 1 aromatic carbocycles. The van der Waals surface area contributed by atoms with Gasteiger partial charge >= 0.3 is 0 Å². The fraction of sp³-hybridized carbons (Fsp3) is 0. The van der Waals surface area contributed by atoms with E-state index in [4.69, 9.17) is 0 Å². The molecule has 6 nitrogen and oxygen atoms in total. The van der Waals surface area contributed by atoms with Gasteiger partial charge in [-0.1, -0.05) is 12.1 Å². The Morgan fingerprint density at radius 2 is 1.40 bits per heavy atom. The van der Waals surface area contributed by atoms with E-state index in [9.17, 15) is 23.9 Å². The minimum Gasteiger partial charge on any atom is -0.794 e. The normalized spacial score (nSPS) is 15.7. The van der Waals surface area contributed by atoms with Crippen LogP contribution in [0.1, 0.15) is 20.7 Å². The van der Waals surface area contributed by atoms with Crippen molar-refractivity contribution >= 4 is 19.6 Å². The molecule has 0 atom stereocenters. The van der Waals surface area contributed by atoms with Gasteiger partial charge in [-0.3, -0.25) is 9.59 Å². The van der Waals surface area contributed by atoms with Crippen LogP contribution < -0.4 is 9.79 Å². The molecule has 0 aliphatic carbocycles. The molecule has 0 bridgehead atoms. The van der Waals surface area contributed by atoms with Crippen molar-refractivity contribution < 1.29 is 23.9 Å². The fourth-order valence-electron chi connectivity index (χ4n) is 1.40. The van der Waals surface area contributed by atoms with Crippen LogP contribution in [0.15, 0.2) is 24.3 Å². The Kier molecular flexibility index (Phi) is 2.01. The van der Waals surface area contributed by atoms with E-state index >= 15 is 0 Å². The van der Waals surface area contributed by atoms with Crippen LogP contribution in [-0.2, 0) is 4.57 Å². The van der Waals surface area contributed by atoms with Crippen LogP contribution in [0.25, 0.3) is 0 Å². The molecule has 0 saturated carbocycles. The molecule has 2 rings (SSSR count). The Morgan fingerprint density at radius 1 is 1.00 bits per heavy atom. The average Bonchev–Trinajstić information content (AvgIpc) is 2.39. The minimum absolute atomic E-state index is 0.0607. The number of hydrogen-bond acceptors (Lipinski definition) is 5.